The predicted octanol–water partition coefficient (Wildman–Crippen LogP) is 4.31. The molecular weight excluding hydrogens is 216 g/mol. The zero-order valence-corrected chi connectivity index (χ0v) is 10.4. The van der Waals surface area contributed by atoms with E-state index < -0.39 is 0 Å². The third-order valence-electron chi connectivity index (χ3n) is 5.12. The van der Waals surface area contributed by atoms with Gasteiger partial charge in [-0.3, -0.25) is 0 Å². The second-order valence-electron chi connectivity index (χ2n) is 5.91. The molecule has 0 aliphatic heterocycles. The minimum Gasteiger partial charge on any atom is -0.0795 e. The van der Waals surface area contributed by atoms with Crippen molar-refractivity contribution in [3.8, 4) is 11.1 Å². The fourth-order valence-corrected chi connectivity index (χ4v) is 4.22. The molecule has 0 saturated heterocycles. The van der Waals surface area contributed by atoms with Crippen LogP contribution in [-0.2, 0) is 5.41 Å². The molecule has 1 saturated carbocycles. The smallest absolute Gasteiger partial charge is 0.0290 e. The summed E-state index contributed by atoms with van der Waals surface area (Å²) in [6, 6.07) is 13.6. The van der Waals surface area contributed by atoms with Gasteiger partial charge in [-0.2, -0.15) is 0 Å². The summed E-state index contributed by atoms with van der Waals surface area (Å²) in [5, 5.41) is 0. The second-order valence-corrected chi connectivity index (χ2v) is 5.91. The number of fused-ring (bicyclic) bond motifs is 2. The van der Waals surface area contributed by atoms with Crippen molar-refractivity contribution in [1.82, 2.24) is 0 Å². The number of hydrogen-bond donors (Lipinski definition) is 0. The van der Waals surface area contributed by atoms with E-state index >= 15 is 0 Å². The van der Waals surface area contributed by atoms with Crippen LogP contribution in [0.25, 0.3) is 17.2 Å². The molecule has 0 heterocycles. The first kappa shape index (κ1) is 9.16. The van der Waals surface area contributed by atoms with Crippen LogP contribution in [0.3, 0.4) is 0 Å². The van der Waals surface area contributed by atoms with E-state index in [1.165, 1.54) is 28.7 Å². The Labute approximate surface area is 107 Å². The lowest BCUT2D eigenvalue weighted by atomic mass is 9.83. The van der Waals surface area contributed by atoms with Crippen molar-refractivity contribution in [2.45, 2.75) is 18.8 Å². The molecule has 0 N–H and O–H groups in total. The largest absolute Gasteiger partial charge is 0.0795 e. The van der Waals surface area contributed by atoms with E-state index in [4.69, 9.17) is 0 Å². The molecule has 2 unspecified atom stereocenters. The second kappa shape index (κ2) is 2.61. The van der Waals surface area contributed by atoms with Gasteiger partial charge in [-0.25, -0.2) is 0 Å². The number of benzene rings is 2. The molecule has 86 valence electrons. The van der Waals surface area contributed by atoms with Gasteiger partial charge in [0.05, 0.1) is 0 Å². The molecule has 1 spiro atoms. The summed E-state index contributed by atoms with van der Waals surface area (Å²) in [4.78, 5) is 0. The quantitative estimate of drug-likeness (QED) is 0.632. The minimum absolute atomic E-state index is 0.349. The van der Waals surface area contributed by atoms with Crippen LogP contribution in [0.2, 0.25) is 0 Å². The Morgan fingerprint density at radius 2 is 1.94 bits per heavy atom. The Balaban J connectivity index is 2.00. The van der Waals surface area contributed by atoms with Crippen LogP contribution in [0, 0.1) is 12.8 Å². The molecule has 2 aromatic rings. The van der Waals surface area contributed by atoms with E-state index in [0.29, 0.717) is 5.41 Å². The highest BCUT2D eigenvalue weighted by Gasteiger charge is 2.61. The maximum Gasteiger partial charge on any atom is 0.0290 e. The number of allylic oxidation sites excluding steroid dienone is 1. The monoisotopic (exact) mass is 230 g/mol. The molecule has 0 nitrogen and oxygen atoms in total. The maximum absolute atomic E-state index is 2.43. The highest BCUT2D eigenvalue weighted by atomic mass is 14.6. The first-order valence-electron chi connectivity index (χ1n) is 6.74. The summed E-state index contributed by atoms with van der Waals surface area (Å²) < 4.78 is 0. The lowest BCUT2D eigenvalue weighted by molar-refractivity contribution is 0.804. The number of hydrogen-bond acceptors (Lipinski definition) is 0. The fraction of sp³-hybridized carbons (Fsp3) is 0.222. The zero-order valence-electron chi connectivity index (χ0n) is 10.4. The Morgan fingerprint density at radius 3 is 2.89 bits per heavy atom. The summed E-state index contributed by atoms with van der Waals surface area (Å²) in [5.41, 5.74) is 9.40. The van der Waals surface area contributed by atoms with Gasteiger partial charge in [0.25, 0.3) is 0 Å². The van der Waals surface area contributed by atoms with Crippen molar-refractivity contribution >= 4 is 6.08 Å². The van der Waals surface area contributed by atoms with Gasteiger partial charge >= 0.3 is 0 Å². The molecular formula is C18H14. The highest BCUT2D eigenvalue weighted by molar-refractivity contribution is 5.89. The van der Waals surface area contributed by atoms with Gasteiger partial charge in [-0.05, 0) is 52.6 Å². The first-order valence-corrected chi connectivity index (χ1v) is 6.74. The Bertz CT molecular complexity index is 736. The molecule has 3 aliphatic rings. The summed E-state index contributed by atoms with van der Waals surface area (Å²) >= 11 is 0. The number of aryl methyl sites for hydroxylation is 1. The molecule has 0 bridgehead atoms. The molecule has 2 atom stereocenters. The van der Waals surface area contributed by atoms with E-state index in [0.717, 1.165) is 5.92 Å². The van der Waals surface area contributed by atoms with E-state index in [1.807, 2.05) is 0 Å². The first-order chi connectivity index (χ1) is 8.82. The van der Waals surface area contributed by atoms with Crippen molar-refractivity contribution in [2.24, 2.45) is 5.92 Å². The standard InChI is InChI=1S/C18H14/c1-11-6-8-15-14-4-2-3-5-16(14)18-10-12(18)7-9-13(11)17(15)18/h2-9,12H,10H2,1H3. The van der Waals surface area contributed by atoms with Crippen molar-refractivity contribution in [2.75, 3.05) is 0 Å². The Morgan fingerprint density at radius 1 is 1.06 bits per heavy atom. The van der Waals surface area contributed by atoms with E-state index in [1.54, 1.807) is 11.1 Å². The van der Waals surface area contributed by atoms with E-state index in [2.05, 4.69) is 55.5 Å². The van der Waals surface area contributed by atoms with Crippen LogP contribution >= 0.6 is 0 Å². The van der Waals surface area contributed by atoms with Crippen molar-refractivity contribution in [3.05, 3.63) is 64.7 Å². The van der Waals surface area contributed by atoms with Gasteiger partial charge in [-0.15, -0.1) is 0 Å². The summed E-state index contributed by atoms with van der Waals surface area (Å²) in [5.74, 6) is 0.745. The van der Waals surface area contributed by atoms with Gasteiger partial charge in [0.2, 0.25) is 0 Å². The number of rotatable bonds is 0. The van der Waals surface area contributed by atoms with Crippen molar-refractivity contribution < 1.29 is 0 Å². The molecule has 18 heavy (non-hydrogen) atoms. The van der Waals surface area contributed by atoms with Crippen LogP contribution in [0.4, 0.5) is 0 Å². The molecule has 1 fully saturated rings. The van der Waals surface area contributed by atoms with E-state index in [-0.39, 0.29) is 0 Å². The Hall–Kier alpha value is -1.82. The van der Waals surface area contributed by atoms with Gasteiger partial charge < -0.3 is 0 Å². The lowest BCUT2D eigenvalue weighted by Crippen LogP contribution is -2.12. The summed E-state index contributed by atoms with van der Waals surface area (Å²) in [7, 11) is 0. The highest BCUT2D eigenvalue weighted by Crippen LogP contribution is 2.69. The Kier molecular flexibility index (Phi) is 1.33. The maximum atomic E-state index is 2.43. The van der Waals surface area contributed by atoms with Gasteiger partial charge in [0.15, 0.2) is 0 Å². The molecule has 0 amide bonds. The fourth-order valence-electron chi connectivity index (χ4n) is 4.22. The zero-order chi connectivity index (χ0) is 11.9. The van der Waals surface area contributed by atoms with Crippen molar-refractivity contribution in [3.63, 3.8) is 0 Å². The van der Waals surface area contributed by atoms with Gasteiger partial charge in [0, 0.05) is 5.41 Å². The van der Waals surface area contributed by atoms with Crippen LogP contribution in [-0.4, -0.2) is 0 Å². The molecule has 3 aliphatic carbocycles. The average molecular weight is 230 g/mol. The molecule has 5 rings (SSSR count). The van der Waals surface area contributed by atoms with Gasteiger partial charge in [-0.1, -0.05) is 48.6 Å². The predicted molar refractivity (Wildman–Crippen MR) is 74.5 cm³/mol. The molecule has 0 aromatic heterocycles. The average Bonchev–Trinajstić information content (AvgIpc) is 3.08. The van der Waals surface area contributed by atoms with Crippen molar-refractivity contribution in [1.29, 1.82) is 0 Å². The minimum atomic E-state index is 0.349. The summed E-state index contributed by atoms with van der Waals surface area (Å²) in [6.07, 6.45) is 6.10. The van der Waals surface area contributed by atoms with Gasteiger partial charge in [0.1, 0.15) is 0 Å². The van der Waals surface area contributed by atoms with E-state index in [9.17, 15) is 0 Å². The third kappa shape index (κ3) is 0.780. The van der Waals surface area contributed by atoms with Crippen LogP contribution in [0.1, 0.15) is 28.7 Å². The SMILES string of the molecule is Cc1ccc2c3c1C=CC1CC31c1ccccc1-2. The van der Waals surface area contributed by atoms with Crippen LogP contribution in [0.5, 0.6) is 0 Å². The topological polar surface area (TPSA) is 0 Å². The summed E-state index contributed by atoms with van der Waals surface area (Å²) in [6.45, 7) is 2.24. The molecule has 0 radical (unpaired) electrons. The normalized spacial score (nSPS) is 28.6. The molecule has 0 heteroatoms. The molecule has 2 aromatic carbocycles. The van der Waals surface area contributed by atoms with Crippen LogP contribution < -0.4 is 0 Å². The third-order valence-corrected chi connectivity index (χ3v) is 5.12. The van der Waals surface area contributed by atoms with Crippen LogP contribution in [0.15, 0.2) is 42.5 Å². The lowest BCUT2D eigenvalue weighted by Gasteiger charge is -2.20.